The maximum atomic E-state index is 15.5. The van der Waals surface area contributed by atoms with Gasteiger partial charge in [0.25, 0.3) is 0 Å². The van der Waals surface area contributed by atoms with Crippen molar-refractivity contribution < 1.29 is 37.8 Å². The van der Waals surface area contributed by atoms with E-state index in [2.05, 4.69) is 23.8 Å². The summed E-state index contributed by atoms with van der Waals surface area (Å²) in [6, 6.07) is 4.08. The number of nitrogens with zero attached hydrogens (tertiary/aromatic N) is 3. The first-order chi connectivity index (χ1) is 29.5. The molecule has 4 fully saturated rings. The molecule has 4 aliphatic heterocycles. The highest BCUT2D eigenvalue weighted by molar-refractivity contribution is 8.00. The lowest BCUT2D eigenvalue weighted by Crippen LogP contribution is -2.50. The highest BCUT2D eigenvalue weighted by Gasteiger charge is 2.55. The van der Waals surface area contributed by atoms with Crippen LogP contribution in [0.2, 0.25) is 0 Å². The fourth-order valence-electron chi connectivity index (χ4n) is 11.3. The van der Waals surface area contributed by atoms with Gasteiger partial charge in [-0.3, -0.25) is 19.2 Å². The van der Waals surface area contributed by atoms with E-state index in [1.165, 1.54) is 30.7 Å². The number of nitrogens with one attached hydrogen (secondary N) is 1. The minimum Gasteiger partial charge on any atom is -0.462 e. The van der Waals surface area contributed by atoms with Gasteiger partial charge in [0, 0.05) is 90.5 Å². The molecule has 2 bridgehead atoms. The Hall–Kier alpha value is -3.66. The SMILES string of the molecule is C=C[C@@]1(C)C[C@H](OC(=O)CSC2CC3CCC(C2)N3C)/C(C)=C2/C(=O)CCC2(C)[C@H](C)[C@H]1OC(=O)CCCOC(=O)c1c2n(c3cc(N4CCNCC4)c(F)cc3c1=O)C(C)S2. The normalized spacial score (nSPS) is 33.2. The molecule has 12 nitrogen and oxygen atoms in total. The van der Waals surface area contributed by atoms with Gasteiger partial charge in [0.15, 0.2) is 5.78 Å². The number of thioether (sulfide) groups is 2. The summed E-state index contributed by atoms with van der Waals surface area (Å²) in [6.45, 7) is 16.7. The quantitative estimate of drug-likeness (QED) is 0.0996. The lowest BCUT2D eigenvalue weighted by atomic mass is 9.60. The van der Waals surface area contributed by atoms with E-state index in [4.69, 9.17) is 14.2 Å². The maximum absolute atomic E-state index is 15.5. The van der Waals surface area contributed by atoms with Crippen LogP contribution in [0.25, 0.3) is 10.9 Å². The van der Waals surface area contributed by atoms with Crippen molar-refractivity contribution >= 4 is 63.8 Å². The number of benzene rings is 1. The lowest BCUT2D eigenvalue weighted by Gasteiger charge is -2.48. The van der Waals surface area contributed by atoms with Crippen LogP contribution >= 0.6 is 23.5 Å². The van der Waals surface area contributed by atoms with Crippen molar-refractivity contribution in [1.82, 2.24) is 14.8 Å². The molecule has 5 heterocycles. The monoisotopic (exact) mass is 892 g/mol. The van der Waals surface area contributed by atoms with Crippen molar-refractivity contribution in [2.24, 2.45) is 16.7 Å². The van der Waals surface area contributed by atoms with Gasteiger partial charge in [-0.2, -0.15) is 0 Å². The van der Waals surface area contributed by atoms with Gasteiger partial charge in [-0.25, -0.2) is 9.18 Å². The van der Waals surface area contributed by atoms with Crippen LogP contribution in [0.4, 0.5) is 10.1 Å². The summed E-state index contributed by atoms with van der Waals surface area (Å²) >= 11 is 3.05. The van der Waals surface area contributed by atoms with E-state index in [0.29, 0.717) is 65.1 Å². The van der Waals surface area contributed by atoms with Crippen molar-refractivity contribution in [2.75, 3.05) is 50.5 Å². The van der Waals surface area contributed by atoms with Crippen LogP contribution in [0.15, 0.2) is 45.8 Å². The number of piperidine rings is 1. The molecular weight excluding hydrogens is 832 g/mol. The second-order valence-corrected chi connectivity index (χ2v) is 21.4. The zero-order valence-corrected chi connectivity index (χ0v) is 38.5. The zero-order chi connectivity index (χ0) is 44.2. The molecule has 62 heavy (non-hydrogen) atoms. The third kappa shape index (κ3) is 8.17. The Kier molecular flexibility index (Phi) is 12.8. The standard InChI is InChI=1S/C47H61FN4O8S2/c1-8-46(5)24-37(59-39(55)25-61-31-20-29-11-12-30(21-31)50(29)7)26(2)41-36(53)13-14-47(41,6)27(3)43(46)60-38(54)10-9-19-58-45(57)40-42(56)32-22-33(48)35(51-17-15-49-16-18-51)23-34(32)52-28(4)62-44(40)52/h8,22-23,27-31,37,43,49H,1,9-21,24-25H2,2-7H3/b41-26-/t27-,28?,29?,30?,31?,37+,43-,46+,47?/m1/s1. The van der Waals surface area contributed by atoms with Gasteiger partial charge < -0.3 is 33.9 Å². The van der Waals surface area contributed by atoms with Crippen LogP contribution in [-0.4, -0.2) is 108 Å². The maximum Gasteiger partial charge on any atom is 0.344 e. The Morgan fingerprint density at radius 2 is 1.77 bits per heavy atom. The molecule has 1 saturated carbocycles. The summed E-state index contributed by atoms with van der Waals surface area (Å²) in [4.78, 5) is 72.6. The number of hydrogen-bond donors (Lipinski definition) is 1. The van der Waals surface area contributed by atoms with Crippen LogP contribution in [0, 0.1) is 22.6 Å². The summed E-state index contributed by atoms with van der Waals surface area (Å²) in [5.41, 5.74) is 0.246. The summed E-state index contributed by atoms with van der Waals surface area (Å²) in [5.74, 6) is -2.18. The smallest absolute Gasteiger partial charge is 0.344 e. The average Bonchev–Trinajstić information content (AvgIpc) is 3.64. The van der Waals surface area contributed by atoms with Gasteiger partial charge in [-0.15, -0.1) is 18.3 Å². The fourth-order valence-corrected chi connectivity index (χ4v) is 13.6. The Morgan fingerprint density at radius 3 is 2.45 bits per heavy atom. The zero-order valence-electron chi connectivity index (χ0n) is 36.9. The molecule has 336 valence electrons. The largest absolute Gasteiger partial charge is 0.462 e. The van der Waals surface area contributed by atoms with Crippen LogP contribution in [0.1, 0.15) is 108 Å². The van der Waals surface area contributed by atoms with Crippen molar-refractivity contribution in [3.05, 3.63) is 57.5 Å². The van der Waals surface area contributed by atoms with Gasteiger partial charge in [0.1, 0.15) is 23.6 Å². The predicted molar refractivity (Wildman–Crippen MR) is 240 cm³/mol. The number of ketones is 1. The average molecular weight is 893 g/mol. The first kappa shape index (κ1) is 44.9. The van der Waals surface area contributed by atoms with Gasteiger partial charge in [0.2, 0.25) is 5.43 Å². The fraction of sp³-hybridized carbons (Fsp3) is 0.638. The summed E-state index contributed by atoms with van der Waals surface area (Å²) in [6.07, 6.45) is 6.20. The molecule has 0 spiro atoms. The van der Waals surface area contributed by atoms with Gasteiger partial charge >= 0.3 is 17.9 Å². The van der Waals surface area contributed by atoms with Crippen LogP contribution in [0.3, 0.4) is 0 Å². The predicted octanol–water partition coefficient (Wildman–Crippen LogP) is 7.21. The third-order valence-corrected chi connectivity index (χ3v) is 17.6. The molecule has 6 aliphatic rings. The van der Waals surface area contributed by atoms with E-state index in [9.17, 15) is 24.0 Å². The molecule has 2 aromatic rings. The molecular formula is C47H61FN4O8S2. The van der Waals surface area contributed by atoms with E-state index in [0.717, 1.165) is 31.5 Å². The van der Waals surface area contributed by atoms with E-state index in [1.807, 2.05) is 44.1 Å². The molecule has 4 unspecified atom stereocenters. The summed E-state index contributed by atoms with van der Waals surface area (Å²) < 4.78 is 35.6. The molecule has 2 aliphatic carbocycles. The number of ether oxygens (including phenoxy) is 3. The summed E-state index contributed by atoms with van der Waals surface area (Å²) in [5, 5.41) is 4.20. The molecule has 1 aromatic heterocycles. The van der Waals surface area contributed by atoms with Crippen molar-refractivity contribution in [2.45, 2.75) is 132 Å². The molecule has 1 N–H and O–H groups in total. The Bertz CT molecular complexity index is 2250. The number of anilines is 1. The molecule has 0 radical (unpaired) electrons. The number of fused-ring (bicyclic) bond motifs is 6. The molecule has 15 heteroatoms. The highest BCUT2D eigenvalue weighted by Crippen LogP contribution is 2.55. The van der Waals surface area contributed by atoms with Gasteiger partial charge in [0.05, 0.1) is 34.0 Å². The van der Waals surface area contributed by atoms with Crippen LogP contribution in [0.5, 0.6) is 0 Å². The van der Waals surface area contributed by atoms with E-state index < -0.39 is 46.2 Å². The number of hydrogen-bond acceptors (Lipinski definition) is 13. The molecule has 8 atom stereocenters. The first-order valence-electron chi connectivity index (χ1n) is 22.4. The molecule has 8 rings (SSSR count). The minimum atomic E-state index is -0.825. The first-order valence-corrected chi connectivity index (χ1v) is 24.3. The van der Waals surface area contributed by atoms with Crippen LogP contribution < -0.4 is 15.6 Å². The number of allylic oxidation sites excluding steroid dienone is 1. The van der Waals surface area contributed by atoms with Gasteiger partial charge in [-0.05, 0) is 77.1 Å². The van der Waals surface area contributed by atoms with E-state index in [-0.39, 0.29) is 65.6 Å². The van der Waals surface area contributed by atoms with E-state index >= 15 is 4.39 Å². The van der Waals surface area contributed by atoms with Crippen molar-refractivity contribution in [1.29, 1.82) is 0 Å². The Balaban J connectivity index is 0.928. The number of Topliss-reactive ketones (excluding diaryl/α,β-unsaturated/α-hetero) is 1. The second kappa shape index (κ2) is 17.7. The summed E-state index contributed by atoms with van der Waals surface area (Å²) in [7, 11) is 2.20. The number of esters is 3. The number of aromatic nitrogens is 1. The number of piperazine rings is 1. The topological polar surface area (TPSA) is 136 Å². The molecule has 1 aromatic carbocycles. The van der Waals surface area contributed by atoms with Crippen molar-refractivity contribution in [3.8, 4) is 0 Å². The van der Waals surface area contributed by atoms with Gasteiger partial charge in [-0.1, -0.05) is 38.6 Å². The van der Waals surface area contributed by atoms with E-state index in [1.54, 1.807) is 23.9 Å². The number of halogens is 1. The Morgan fingerprint density at radius 1 is 1.06 bits per heavy atom. The number of pyridine rings is 1. The highest BCUT2D eigenvalue weighted by atomic mass is 32.2. The minimum absolute atomic E-state index is 0.0297. The Labute approximate surface area is 372 Å². The molecule has 0 amide bonds. The van der Waals surface area contributed by atoms with Crippen LogP contribution in [-0.2, 0) is 28.6 Å². The van der Waals surface area contributed by atoms with Crippen molar-refractivity contribution in [3.63, 3.8) is 0 Å². The third-order valence-electron chi connectivity index (χ3n) is 15.1. The molecule has 3 saturated heterocycles. The second-order valence-electron chi connectivity index (χ2n) is 18.8. The number of carbonyl (C=O) groups is 4. The number of rotatable bonds is 12. The lowest BCUT2D eigenvalue weighted by molar-refractivity contribution is -0.166. The number of carbonyl (C=O) groups excluding carboxylic acids is 4.